The molecule has 0 saturated heterocycles. The van der Waals surface area contributed by atoms with Gasteiger partial charge in [0.1, 0.15) is 33.1 Å². The number of halogens is 1. The van der Waals surface area contributed by atoms with Gasteiger partial charge >= 0.3 is 5.76 Å². The minimum atomic E-state index is -3.96. The summed E-state index contributed by atoms with van der Waals surface area (Å²) >= 11 is 9.03. The highest BCUT2D eigenvalue weighted by Crippen LogP contribution is 2.44. The minimum absolute atomic E-state index is 0.00751. The Labute approximate surface area is 675 Å². The molecule has 11 aromatic rings. The average molecular weight is 1750 g/mol. The Kier molecular flexibility index (Phi) is 23.1. The summed E-state index contributed by atoms with van der Waals surface area (Å²) in [5.74, 6) is -4.85. The van der Waals surface area contributed by atoms with Crippen molar-refractivity contribution in [2.24, 2.45) is 0 Å². The summed E-state index contributed by atoms with van der Waals surface area (Å²) in [6.07, 6.45) is 7.45. The van der Waals surface area contributed by atoms with E-state index in [2.05, 4.69) is 46.2 Å². The number of aliphatic hydroxyl groups excluding tert-OH is 4. The maximum atomic E-state index is 12.9. The third-order valence-electron chi connectivity index (χ3n) is 17.1. The van der Waals surface area contributed by atoms with Crippen molar-refractivity contribution in [2.75, 3.05) is 60.8 Å². The number of carbonyl (C=O) groups is 4. The van der Waals surface area contributed by atoms with Crippen molar-refractivity contribution in [3.05, 3.63) is 268 Å². The molecule has 5 aliphatic rings. The first kappa shape index (κ1) is 82.5. The number of sulfonamides is 5. The Morgan fingerprint density at radius 1 is 0.422 bits per heavy atom. The van der Waals surface area contributed by atoms with Crippen molar-refractivity contribution >= 4 is 171 Å². The summed E-state index contributed by atoms with van der Waals surface area (Å²) in [7, 11) is -13.4. The molecule has 4 amide bonds. The van der Waals surface area contributed by atoms with Gasteiger partial charge < -0.3 is 40.8 Å². The van der Waals surface area contributed by atoms with E-state index in [1.165, 1.54) is 126 Å². The van der Waals surface area contributed by atoms with Crippen molar-refractivity contribution in [2.45, 2.75) is 31.4 Å². The Morgan fingerprint density at radius 2 is 0.802 bits per heavy atom. The Hall–Kier alpha value is -13.0. The van der Waals surface area contributed by atoms with Gasteiger partial charge in [-0.05, 0) is 109 Å². The van der Waals surface area contributed by atoms with Crippen molar-refractivity contribution in [3.63, 3.8) is 0 Å². The molecule has 0 unspecified atom stereocenters. The van der Waals surface area contributed by atoms with E-state index in [4.69, 9.17) is 16.0 Å². The van der Waals surface area contributed by atoms with Crippen LogP contribution in [0, 0.1) is 6.92 Å². The summed E-state index contributed by atoms with van der Waals surface area (Å²) in [4.78, 5) is 95.4. The fourth-order valence-corrected chi connectivity index (χ4v) is 21.8. The lowest BCUT2D eigenvalue weighted by atomic mass is 10.1. The highest BCUT2D eigenvalue weighted by Gasteiger charge is 2.44. The van der Waals surface area contributed by atoms with Gasteiger partial charge in [-0.15, -0.1) is 34.0 Å². The molecule has 5 aliphatic heterocycles. The van der Waals surface area contributed by atoms with E-state index < -0.39 is 96.6 Å². The largest absolute Gasteiger partial charge is 0.505 e. The van der Waals surface area contributed by atoms with Gasteiger partial charge in [0.25, 0.3) is 79.3 Å². The number of amides is 4. The molecule has 0 aliphatic carbocycles. The topological polar surface area (TPSA) is 501 Å². The van der Waals surface area contributed by atoms with Crippen LogP contribution in [0.5, 0.6) is 0 Å². The van der Waals surface area contributed by atoms with Crippen LogP contribution in [0.15, 0.2) is 255 Å². The number of nitrogens with zero attached hydrogens (tertiary/aromatic N) is 11. The number of aryl methyl sites for hydroxylation is 1. The van der Waals surface area contributed by atoms with Crippen LogP contribution >= 0.6 is 45.6 Å². The molecule has 0 radical (unpaired) electrons. The number of carbonyl (C=O) groups excluding carboxylic acids is 4. The molecule has 0 fully saturated rings. The van der Waals surface area contributed by atoms with Gasteiger partial charge in [0.15, 0.2) is 62.4 Å². The van der Waals surface area contributed by atoms with E-state index in [1.54, 1.807) is 115 Å². The monoisotopic (exact) mass is 1750 g/mol. The van der Waals surface area contributed by atoms with E-state index in [0.717, 1.165) is 49.1 Å². The van der Waals surface area contributed by atoms with Gasteiger partial charge in [0, 0.05) is 87.8 Å². The molecule has 3 aromatic carbocycles. The molecule has 8 aromatic heterocycles. The van der Waals surface area contributed by atoms with Gasteiger partial charge in [-0.25, -0.2) is 71.8 Å². The van der Waals surface area contributed by atoms with Crippen molar-refractivity contribution in [1.82, 2.24) is 46.7 Å². The number of thiophene rings is 2. The number of thiazole rings is 1. The second-order valence-electron chi connectivity index (χ2n) is 24.1. The van der Waals surface area contributed by atoms with Crippen LogP contribution in [0.1, 0.15) is 25.8 Å². The van der Waals surface area contributed by atoms with Crippen molar-refractivity contribution in [1.29, 1.82) is 0 Å². The maximum absolute atomic E-state index is 12.9. The predicted octanol–water partition coefficient (Wildman–Crippen LogP) is 8.46. The number of fused-ring (bicyclic) bond motifs is 7. The molecule has 36 nitrogen and oxygen atoms in total. The minimum Gasteiger partial charge on any atom is -0.505 e. The molecular weight excluding hydrogens is 1690 g/mol. The number of benzene rings is 3. The van der Waals surface area contributed by atoms with E-state index in [-0.39, 0.29) is 124 Å². The van der Waals surface area contributed by atoms with Crippen LogP contribution < -0.4 is 36.9 Å². The number of aromatic nitrogens is 6. The van der Waals surface area contributed by atoms with Crippen LogP contribution in [0.4, 0.5) is 28.3 Å². The number of rotatable bonds is 9. The Bertz CT molecular complexity index is 6710. The predicted molar refractivity (Wildman–Crippen MR) is 428 cm³/mol. The van der Waals surface area contributed by atoms with Crippen LogP contribution in [0.2, 0.25) is 4.34 Å². The molecule has 13 heterocycles. The highest BCUT2D eigenvalue weighted by molar-refractivity contribution is 7.93. The lowest BCUT2D eigenvalue weighted by Crippen LogP contribution is -2.41. The van der Waals surface area contributed by atoms with Crippen LogP contribution in [0.3, 0.4) is 0 Å². The summed E-state index contributed by atoms with van der Waals surface area (Å²) in [5, 5.41) is 53.1. The van der Waals surface area contributed by atoms with Gasteiger partial charge in [-0.1, -0.05) is 72.3 Å². The number of anilines is 5. The normalized spacial score (nSPS) is 15.8. The number of likely N-dealkylation sites (N-methyl/N-ethyl adjacent to an activating group) is 4. The average Bonchev–Trinajstić information content (AvgIpc) is 0.763. The summed E-state index contributed by atoms with van der Waals surface area (Å²) in [6.45, 7) is 1.83. The molecule has 16 rings (SSSR count). The lowest BCUT2D eigenvalue weighted by molar-refractivity contribution is -0.114. The van der Waals surface area contributed by atoms with Gasteiger partial charge in [-0.3, -0.25) is 50.8 Å². The second kappa shape index (κ2) is 32.5. The SMILES string of the molecule is CN1C(C(=O)Nc2ccccn2)=C(O)c2ccccc2S1(=O)=O.CN1C(C(=O)Nc2ccccn2)=C(O)c2sc(Cl)cc2S1(=O)=O.CN1C(C(=O)Nc2ccccn2)=C(O)c2sccc2S1(=O)=O.CN1c2c(oc(=O)n(-c3ccccn3)c2=O)-c2ccccc2S1(=O)=O.Cc1cnc(NC(=O)C2=C(O)c3ccccc3S(=O)(=O)N2C)s1. The molecule has 0 atom stereocenters. The van der Waals surface area contributed by atoms with E-state index >= 15 is 0 Å². The zero-order chi connectivity index (χ0) is 83.8. The van der Waals surface area contributed by atoms with E-state index in [1.807, 2.05) is 6.92 Å². The number of nitrogens with one attached hydrogen (secondary N) is 4. The first-order valence-electron chi connectivity index (χ1n) is 32.9. The summed E-state index contributed by atoms with van der Waals surface area (Å²) in [5.41, 5.74) is -2.08. The molecule has 0 bridgehead atoms. The number of hydrogen-bond donors (Lipinski definition) is 8. The van der Waals surface area contributed by atoms with Gasteiger partial charge in [-0.2, -0.15) is 4.57 Å². The fraction of sp³-hybridized carbons (Fsp3) is 0.0845. The van der Waals surface area contributed by atoms with E-state index in [0.29, 0.717) is 9.70 Å². The second-order valence-corrected chi connectivity index (χ2v) is 37.6. The van der Waals surface area contributed by atoms with Crippen molar-refractivity contribution < 1.29 is 86.1 Å². The third-order valence-corrected chi connectivity index (χ3v) is 29.4. The lowest BCUT2D eigenvalue weighted by Gasteiger charge is -2.28. The fourth-order valence-electron chi connectivity index (χ4n) is 11.5. The summed E-state index contributed by atoms with van der Waals surface area (Å²) < 4.78 is 135. The number of aliphatic hydroxyl groups is 4. The first-order valence-corrected chi connectivity index (χ1v) is 43.0. The first-order chi connectivity index (χ1) is 54.9. The molecule has 116 heavy (non-hydrogen) atoms. The van der Waals surface area contributed by atoms with Crippen LogP contribution in [-0.2, 0) is 69.3 Å². The Morgan fingerprint density at radius 3 is 1.23 bits per heavy atom. The maximum Gasteiger partial charge on any atom is 0.428 e. The molecule has 0 saturated carbocycles. The molecule has 8 N–H and O–H groups in total. The molecule has 598 valence electrons. The standard InChI is InChI=1S/C16H11N3O5S.C15H13N3O4S.C14H13N3O4S2.C13H10ClN3O4S2.C13H11N3O4S2/c1-18-13-14(10-6-2-3-7-11(10)25(18,22)23)24-16(21)19(15(13)20)12-8-4-5-9-17-12;1-18-13(15(20)17-12-8-4-5-9-16-12)14(19)10-6-2-3-7-11(10)23(18,21)22;1-8-7-15-14(22-8)16-13(19)11-12(18)9-5-3-4-6-10(9)23(20,21)17(11)2;1-17-10(13(19)16-9-4-2-3-5-15-9)11(18)12-7(23(17,20)21)6-8(14)22-12;1-16-10(13(18)15-9-4-2-3-6-14-9)11(17)12-8(5-7-21-12)22(16,19)20/h2-9H,1H3;2-9,19H,1H3,(H,16,17,20);3-7,18H,1-2H3,(H,15,16,19);2-6,18H,1H3,(H,15,16,19);2-7,17H,1H3,(H,14,15,18). The highest BCUT2D eigenvalue weighted by atomic mass is 35.5. The zero-order valence-electron chi connectivity index (χ0n) is 60.3. The van der Waals surface area contributed by atoms with Gasteiger partial charge in [0.2, 0.25) is 0 Å². The number of hydrogen-bond acceptors (Lipinski definition) is 29. The van der Waals surface area contributed by atoms with Gasteiger partial charge in [0.05, 0.1) is 28.8 Å². The zero-order valence-corrected chi connectivity index (χ0v) is 67.6. The van der Waals surface area contributed by atoms with Crippen LogP contribution in [-0.4, -0.2) is 168 Å². The van der Waals surface area contributed by atoms with Crippen LogP contribution in [0.25, 0.3) is 40.2 Å². The third kappa shape index (κ3) is 15.5. The van der Waals surface area contributed by atoms with Crippen molar-refractivity contribution in [3.8, 4) is 17.1 Å². The summed E-state index contributed by atoms with van der Waals surface area (Å²) in [6, 6.07) is 40.0. The smallest absolute Gasteiger partial charge is 0.428 e. The molecule has 45 heteroatoms. The Balaban J connectivity index is 0.000000134. The molecular formula is C71H58ClN15O21S8. The van der Waals surface area contributed by atoms with E-state index in [9.17, 15) is 91.3 Å². The molecule has 0 spiro atoms. The number of pyridine rings is 4. The quantitative estimate of drug-likeness (QED) is 0.0671.